The van der Waals surface area contributed by atoms with E-state index in [-0.39, 0.29) is 11.8 Å². The maximum Gasteiger partial charge on any atom is 0.224 e. The molecule has 0 aromatic rings. The third-order valence-electron chi connectivity index (χ3n) is 4.11. The van der Waals surface area contributed by atoms with Gasteiger partial charge in [0.05, 0.1) is 18.1 Å². The second kappa shape index (κ2) is 7.96. The average Bonchev–Trinajstić information content (AvgIpc) is 2.43. The maximum absolute atomic E-state index is 12.0. The molecule has 2 N–H and O–H groups in total. The molecule has 0 bridgehead atoms. The fourth-order valence-corrected chi connectivity index (χ4v) is 3.20. The van der Waals surface area contributed by atoms with E-state index in [4.69, 9.17) is 4.74 Å². The molecule has 0 spiro atoms. The van der Waals surface area contributed by atoms with E-state index in [0.29, 0.717) is 12.2 Å². The molecule has 0 aromatic heterocycles. The summed E-state index contributed by atoms with van der Waals surface area (Å²) < 4.78 is 5.72. The molecular formula is C15H29N3O2. The van der Waals surface area contributed by atoms with Crippen LogP contribution in [0, 0.1) is 5.92 Å². The SMILES string of the molecule is CC1CN(CCCNC(=O)C2CCCNC2)CC(C)O1. The number of hydrogen-bond acceptors (Lipinski definition) is 4. The van der Waals surface area contributed by atoms with Crippen LogP contribution in [-0.4, -0.2) is 62.3 Å². The Kier molecular flexibility index (Phi) is 6.26. The number of piperidine rings is 1. The lowest BCUT2D eigenvalue weighted by atomic mass is 9.99. The van der Waals surface area contributed by atoms with Crippen molar-refractivity contribution >= 4 is 5.91 Å². The third kappa shape index (κ3) is 5.04. The summed E-state index contributed by atoms with van der Waals surface area (Å²) in [5, 5.41) is 6.36. The molecule has 2 aliphatic heterocycles. The minimum absolute atomic E-state index is 0.173. The van der Waals surface area contributed by atoms with Crippen LogP contribution in [-0.2, 0) is 9.53 Å². The number of rotatable bonds is 5. The van der Waals surface area contributed by atoms with Crippen molar-refractivity contribution < 1.29 is 9.53 Å². The highest BCUT2D eigenvalue weighted by Gasteiger charge is 2.22. The molecule has 0 saturated carbocycles. The van der Waals surface area contributed by atoms with Crippen LogP contribution in [0.5, 0.6) is 0 Å². The Morgan fingerprint density at radius 3 is 2.75 bits per heavy atom. The smallest absolute Gasteiger partial charge is 0.224 e. The number of morpholine rings is 1. The molecule has 3 atom stereocenters. The number of carbonyl (C=O) groups excluding carboxylic acids is 1. The van der Waals surface area contributed by atoms with Crippen molar-refractivity contribution in [3.63, 3.8) is 0 Å². The van der Waals surface area contributed by atoms with Crippen molar-refractivity contribution in [3.05, 3.63) is 0 Å². The fourth-order valence-electron chi connectivity index (χ4n) is 3.20. The molecule has 2 saturated heterocycles. The van der Waals surface area contributed by atoms with Gasteiger partial charge in [0.1, 0.15) is 0 Å². The number of carbonyl (C=O) groups is 1. The standard InChI is InChI=1S/C15H29N3O2/c1-12-10-18(11-13(2)20-12)8-4-7-17-15(19)14-5-3-6-16-9-14/h12-14,16H,3-11H2,1-2H3,(H,17,19). The molecule has 5 nitrogen and oxygen atoms in total. The van der Waals surface area contributed by atoms with E-state index in [1.54, 1.807) is 0 Å². The van der Waals surface area contributed by atoms with Crippen molar-refractivity contribution in [3.8, 4) is 0 Å². The third-order valence-corrected chi connectivity index (χ3v) is 4.11. The van der Waals surface area contributed by atoms with Crippen LogP contribution in [0.25, 0.3) is 0 Å². The quantitative estimate of drug-likeness (QED) is 0.726. The van der Waals surface area contributed by atoms with Gasteiger partial charge in [0, 0.05) is 32.7 Å². The van der Waals surface area contributed by atoms with Crippen LogP contribution in [0.15, 0.2) is 0 Å². The van der Waals surface area contributed by atoms with Crippen molar-refractivity contribution in [1.82, 2.24) is 15.5 Å². The summed E-state index contributed by atoms with van der Waals surface area (Å²) in [6, 6.07) is 0. The predicted molar refractivity (Wildman–Crippen MR) is 79.7 cm³/mol. The van der Waals surface area contributed by atoms with Gasteiger partial charge in [0.25, 0.3) is 0 Å². The number of nitrogens with zero attached hydrogens (tertiary/aromatic N) is 1. The first-order valence-corrected chi connectivity index (χ1v) is 8.01. The van der Waals surface area contributed by atoms with Gasteiger partial charge in [-0.25, -0.2) is 0 Å². The normalized spacial score (nSPS) is 32.0. The highest BCUT2D eigenvalue weighted by atomic mass is 16.5. The van der Waals surface area contributed by atoms with Gasteiger partial charge in [0.2, 0.25) is 5.91 Å². The molecule has 0 aliphatic carbocycles. The monoisotopic (exact) mass is 283 g/mol. The Bertz CT molecular complexity index is 295. The first kappa shape index (κ1) is 15.7. The Labute approximate surface area is 122 Å². The molecular weight excluding hydrogens is 254 g/mol. The maximum atomic E-state index is 12.0. The average molecular weight is 283 g/mol. The van der Waals surface area contributed by atoms with Crippen molar-refractivity contribution in [1.29, 1.82) is 0 Å². The fraction of sp³-hybridized carbons (Fsp3) is 0.933. The summed E-state index contributed by atoms with van der Waals surface area (Å²) in [5.74, 6) is 0.396. The van der Waals surface area contributed by atoms with Gasteiger partial charge in [-0.2, -0.15) is 0 Å². The highest BCUT2D eigenvalue weighted by molar-refractivity contribution is 5.78. The van der Waals surface area contributed by atoms with Crippen LogP contribution < -0.4 is 10.6 Å². The zero-order valence-corrected chi connectivity index (χ0v) is 12.9. The minimum atomic E-state index is 0.173. The van der Waals surface area contributed by atoms with Gasteiger partial charge in [0.15, 0.2) is 0 Å². The molecule has 20 heavy (non-hydrogen) atoms. The van der Waals surface area contributed by atoms with E-state index in [1.807, 2.05) is 0 Å². The molecule has 2 rings (SSSR count). The van der Waals surface area contributed by atoms with Gasteiger partial charge in [-0.05, 0) is 39.7 Å². The molecule has 2 heterocycles. The predicted octanol–water partition coefficient (Wildman–Crippen LogP) is 0.602. The van der Waals surface area contributed by atoms with Gasteiger partial charge < -0.3 is 15.4 Å². The summed E-state index contributed by atoms with van der Waals surface area (Å²) in [6.45, 7) is 9.98. The van der Waals surface area contributed by atoms with Crippen LogP contribution >= 0.6 is 0 Å². The summed E-state index contributed by atoms with van der Waals surface area (Å²) in [4.78, 5) is 14.4. The Morgan fingerprint density at radius 2 is 2.10 bits per heavy atom. The van der Waals surface area contributed by atoms with E-state index in [9.17, 15) is 4.79 Å². The van der Waals surface area contributed by atoms with Crippen molar-refractivity contribution in [2.45, 2.75) is 45.3 Å². The topological polar surface area (TPSA) is 53.6 Å². The van der Waals surface area contributed by atoms with E-state index in [1.165, 1.54) is 0 Å². The summed E-state index contributed by atoms with van der Waals surface area (Å²) in [6.07, 6.45) is 3.80. The van der Waals surface area contributed by atoms with Crippen LogP contribution in [0.3, 0.4) is 0 Å². The molecule has 2 aliphatic rings. The van der Waals surface area contributed by atoms with E-state index >= 15 is 0 Å². The second-order valence-corrected chi connectivity index (χ2v) is 6.20. The number of hydrogen-bond donors (Lipinski definition) is 2. The van der Waals surface area contributed by atoms with E-state index in [0.717, 1.165) is 58.5 Å². The van der Waals surface area contributed by atoms with Gasteiger partial charge in [-0.15, -0.1) is 0 Å². The van der Waals surface area contributed by atoms with Crippen LogP contribution in [0.1, 0.15) is 33.1 Å². The van der Waals surface area contributed by atoms with Gasteiger partial charge >= 0.3 is 0 Å². The molecule has 1 amide bonds. The van der Waals surface area contributed by atoms with Crippen LogP contribution in [0.4, 0.5) is 0 Å². The summed E-state index contributed by atoms with van der Waals surface area (Å²) >= 11 is 0. The second-order valence-electron chi connectivity index (χ2n) is 6.20. The summed E-state index contributed by atoms with van der Waals surface area (Å²) in [7, 11) is 0. The lowest BCUT2D eigenvalue weighted by Crippen LogP contribution is -2.46. The summed E-state index contributed by atoms with van der Waals surface area (Å²) in [5.41, 5.74) is 0. The number of nitrogens with one attached hydrogen (secondary N) is 2. The largest absolute Gasteiger partial charge is 0.373 e. The molecule has 2 fully saturated rings. The van der Waals surface area contributed by atoms with Gasteiger partial charge in [-0.1, -0.05) is 0 Å². The van der Waals surface area contributed by atoms with Gasteiger partial charge in [-0.3, -0.25) is 9.69 Å². The zero-order valence-electron chi connectivity index (χ0n) is 12.9. The first-order chi connectivity index (χ1) is 9.65. The Balaban J connectivity index is 1.57. The van der Waals surface area contributed by atoms with E-state index < -0.39 is 0 Å². The Hall–Kier alpha value is -0.650. The molecule has 3 unspecified atom stereocenters. The zero-order chi connectivity index (χ0) is 14.4. The lowest BCUT2D eigenvalue weighted by molar-refractivity contribution is -0.125. The highest BCUT2D eigenvalue weighted by Crippen LogP contribution is 2.11. The van der Waals surface area contributed by atoms with Crippen molar-refractivity contribution in [2.75, 3.05) is 39.3 Å². The number of ether oxygens (including phenoxy) is 1. The van der Waals surface area contributed by atoms with Crippen molar-refractivity contribution in [2.24, 2.45) is 5.92 Å². The van der Waals surface area contributed by atoms with E-state index in [2.05, 4.69) is 29.4 Å². The molecule has 5 heteroatoms. The first-order valence-electron chi connectivity index (χ1n) is 8.01. The Morgan fingerprint density at radius 1 is 1.35 bits per heavy atom. The molecule has 0 aromatic carbocycles. The molecule has 0 radical (unpaired) electrons. The number of amides is 1. The van der Waals surface area contributed by atoms with Crippen LogP contribution in [0.2, 0.25) is 0 Å². The molecule has 116 valence electrons. The lowest BCUT2D eigenvalue weighted by Gasteiger charge is -2.35. The minimum Gasteiger partial charge on any atom is -0.373 e.